The maximum atomic E-state index is 12.9. The number of aliphatic carboxylic acids is 1. The third-order valence-corrected chi connectivity index (χ3v) is 6.41. The highest BCUT2D eigenvalue weighted by Crippen LogP contribution is 2.44. The van der Waals surface area contributed by atoms with E-state index in [0.29, 0.717) is 6.54 Å². The maximum Gasteiger partial charge on any atom is 0.407 e. The number of carboxylic acids is 1. The first-order valence-corrected chi connectivity index (χ1v) is 12.2. The largest absolute Gasteiger partial charge is 0.481 e. The molecule has 0 bridgehead atoms. The highest BCUT2D eigenvalue weighted by molar-refractivity contribution is 5.86. The number of nitrogens with one attached hydrogen (secondary N) is 2. The van der Waals surface area contributed by atoms with Crippen molar-refractivity contribution in [1.29, 1.82) is 0 Å². The molecule has 2 aromatic rings. The summed E-state index contributed by atoms with van der Waals surface area (Å²) in [5, 5.41) is 14.6. The summed E-state index contributed by atoms with van der Waals surface area (Å²) in [5.74, 6) is -1.55. The molecule has 0 aliphatic heterocycles. The zero-order chi connectivity index (χ0) is 25.4. The molecule has 0 saturated heterocycles. The van der Waals surface area contributed by atoms with Crippen LogP contribution in [0.25, 0.3) is 11.1 Å². The summed E-state index contributed by atoms with van der Waals surface area (Å²) in [6, 6.07) is 14.9. The zero-order valence-corrected chi connectivity index (χ0v) is 20.6. The molecular formula is C27H35N3O5. The van der Waals surface area contributed by atoms with E-state index in [2.05, 4.69) is 27.7 Å². The van der Waals surface area contributed by atoms with Crippen LogP contribution in [-0.4, -0.2) is 66.3 Å². The predicted molar refractivity (Wildman–Crippen MR) is 134 cm³/mol. The minimum atomic E-state index is -1.03. The summed E-state index contributed by atoms with van der Waals surface area (Å²) in [6.07, 6.45) is -1.01. The number of carbonyl (C=O) groups excluding carboxylic acids is 2. The van der Waals surface area contributed by atoms with Gasteiger partial charge < -0.3 is 25.4 Å². The van der Waals surface area contributed by atoms with Gasteiger partial charge >= 0.3 is 12.1 Å². The summed E-state index contributed by atoms with van der Waals surface area (Å²) in [5.41, 5.74) is 4.43. The van der Waals surface area contributed by atoms with E-state index in [-0.39, 0.29) is 31.4 Å². The molecule has 8 heteroatoms. The third-order valence-electron chi connectivity index (χ3n) is 6.41. The number of hydrogen-bond acceptors (Lipinski definition) is 5. The third kappa shape index (κ3) is 6.82. The van der Waals surface area contributed by atoms with Crippen molar-refractivity contribution < 1.29 is 24.2 Å². The van der Waals surface area contributed by atoms with Crippen LogP contribution in [0.15, 0.2) is 48.5 Å². The lowest BCUT2D eigenvalue weighted by Crippen LogP contribution is -2.51. The molecule has 8 nitrogen and oxygen atoms in total. The number of fused-ring (bicyclic) bond motifs is 3. The molecule has 3 N–H and O–H groups in total. The summed E-state index contributed by atoms with van der Waals surface area (Å²) in [7, 11) is 0. The molecular weight excluding hydrogens is 446 g/mol. The molecule has 2 aromatic carbocycles. The van der Waals surface area contributed by atoms with Crippen LogP contribution in [0.1, 0.15) is 50.7 Å². The van der Waals surface area contributed by atoms with Gasteiger partial charge in [0.05, 0.1) is 0 Å². The van der Waals surface area contributed by atoms with E-state index < -0.39 is 24.0 Å². The minimum absolute atomic E-state index is 0.0245. The second-order valence-corrected chi connectivity index (χ2v) is 8.85. The van der Waals surface area contributed by atoms with E-state index in [9.17, 15) is 14.4 Å². The molecule has 3 rings (SSSR count). The van der Waals surface area contributed by atoms with Gasteiger partial charge in [-0.1, -0.05) is 62.4 Å². The van der Waals surface area contributed by atoms with Crippen molar-refractivity contribution in [2.45, 2.75) is 51.6 Å². The molecule has 0 saturated carbocycles. The van der Waals surface area contributed by atoms with E-state index in [0.717, 1.165) is 35.3 Å². The number of benzene rings is 2. The van der Waals surface area contributed by atoms with Crippen molar-refractivity contribution in [1.82, 2.24) is 15.5 Å². The number of likely N-dealkylation sites (N-methyl/N-ethyl adjacent to an activating group) is 1. The van der Waals surface area contributed by atoms with Crippen molar-refractivity contribution in [2.24, 2.45) is 0 Å². The Morgan fingerprint density at radius 2 is 1.54 bits per heavy atom. The molecule has 0 heterocycles. The van der Waals surface area contributed by atoms with Gasteiger partial charge in [-0.15, -0.1) is 0 Å². The van der Waals surface area contributed by atoms with Crippen LogP contribution in [0.3, 0.4) is 0 Å². The Balaban J connectivity index is 1.62. The second-order valence-electron chi connectivity index (χ2n) is 8.85. The Morgan fingerprint density at radius 1 is 0.971 bits per heavy atom. The Labute approximate surface area is 206 Å². The fourth-order valence-electron chi connectivity index (χ4n) is 4.58. The lowest BCUT2D eigenvalue weighted by Gasteiger charge is -2.25. The Morgan fingerprint density at radius 3 is 2.09 bits per heavy atom. The standard InChI is InChI=1S/C27H35N3O5/c1-4-30(5-2)16-18(3)28-26(33)24(14-15-25(31)32)29-27(34)35-17-23-21-12-8-6-10-19(21)20-11-7-9-13-22(20)23/h6-13,18,23-24H,4-5,14-17H2,1-3H3,(H,28,33)(H,29,34)(H,31,32). The molecule has 0 spiro atoms. The van der Waals surface area contributed by atoms with E-state index in [4.69, 9.17) is 9.84 Å². The predicted octanol–water partition coefficient (Wildman–Crippen LogP) is 3.61. The van der Waals surface area contributed by atoms with Crippen molar-refractivity contribution in [3.63, 3.8) is 0 Å². The van der Waals surface area contributed by atoms with Gasteiger partial charge in [0.15, 0.2) is 0 Å². The van der Waals surface area contributed by atoms with Gasteiger partial charge in [0.25, 0.3) is 0 Å². The van der Waals surface area contributed by atoms with Crippen LogP contribution in [0.5, 0.6) is 0 Å². The first kappa shape index (κ1) is 26.2. The van der Waals surface area contributed by atoms with E-state index in [1.165, 1.54) is 0 Å². The Bertz CT molecular complexity index is 991. The number of nitrogens with zero attached hydrogens (tertiary/aromatic N) is 1. The lowest BCUT2D eigenvalue weighted by atomic mass is 9.98. The van der Waals surface area contributed by atoms with Crippen molar-refractivity contribution in [3.8, 4) is 11.1 Å². The smallest absolute Gasteiger partial charge is 0.407 e. The number of hydrogen-bond donors (Lipinski definition) is 3. The highest BCUT2D eigenvalue weighted by Gasteiger charge is 2.30. The summed E-state index contributed by atoms with van der Waals surface area (Å²) < 4.78 is 5.55. The van der Waals surface area contributed by atoms with Gasteiger partial charge in [-0.05, 0) is 48.7 Å². The lowest BCUT2D eigenvalue weighted by molar-refractivity contribution is -0.137. The molecule has 35 heavy (non-hydrogen) atoms. The van der Waals surface area contributed by atoms with Gasteiger partial charge in [-0.2, -0.15) is 0 Å². The molecule has 0 fully saturated rings. The van der Waals surface area contributed by atoms with Crippen molar-refractivity contribution in [2.75, 3.05) is 26.2 Å². The van der Waals surface area contributed by atoms with Crippen LogP contribution in [0, 0.1) is 0 Å². The SMILES string of the molecule is CCN(CC)CC(C)NC(=O)C(CCC(=O)O)NC(=O)OCC1c2ccccc2-c2ccccc21. The van der Waals surface area contributed by atoms with Gasteiger partial charge in [-0.3, -0.25) is 9.59 Å². The van der Waals surface area contributed by atoms with Gasteiger partial charge in [-0.25, -0.2) is 4.79 Å². The summed E-state index contributed by atoms with van der Waals surface area (Å²) in [4.78, 5) is 38.8. The molecule has 0 aromatic heterocycles. The van der Waals surface area contributed by atoms with Crippen LogP contribution in [-0.2, 0) is 14.3 Å². The van der Waals surface area contributed by atoms with Crippen molar-refractivity contribution >= 4 is 18.0 Å². The number of carbonyl (C=O) groups is 3. The monoisotopic (exact) mass is 481 g/mol. The van der Waals surface area contributed by atoms with Gasteiger partial charge in [0.1, 0.15) is 12.6 Å². The number of amides is 2. The molecule has 1 aliphatic rings. The summed E-state index contributed by atoms with van der Waals surface area (Å²) in [6.45, 7) is 8.48. The maximum absolute atomic E-state index is 12.9. The second kappa shape index (κ2) is 12.4. The molecule has 0 radical (unpaired) electrons. The fraction of sp³-hybridized carbons (Fsp3) is 0.444. The van der Waals surface area contributed by atoms with Crippen LogP contribution in [0.4, 0.5) is 4.79 Å². The van der Waals surface area contributed by atoms with E-state index in [1.54, 1.807) is 0 Å². The topological polar surface area (TPSA) is 108 Å². The number of ether oxygens (including phenoxy) is 1. The van der Waals surface area contributed by atoms with Gasteiger partial charge in [0, 0.05) is 24.9 Å². The Kier molecular flexibility index (Phi) is 9.25. The van der Waals surface area contributed by atoms with Crippen LogP contribution in [0.2, 0.25) is 0 Å². The van der Waals surface area contributed by atoms with Crippen LogP contribution < -0.4 is 10.6 Å². The van der Waals surface area contributed by atoms with Crippen LogP contribution >= 0.6 is 0 Å². The molecule has 2 amide bonds. The first-order chi connectivity index (χ1) is 16.8. The normalized spacial score (nSPS) is 14.1. The molecule has 188 valence electrons. The number of carboxylic acid groups (broad SMARTS) is 1. The zero-order valence-electron chi connectivity index (χ0n) is 20.6. The van der Waals surface area contributed by atoms with E-state index >= 15 is 0 Å². The van der Waals surface area contributed by atoms with E-state index in [1.807, 2.05) is 57.2 Å². The minimum Gasteiger partial charge on any atom is -0.481 e. The number of rotatable bonds is 12. The average molecular weight is 482 g/mol. The number of alkyl carbamates (subject to hydrolysis) is 1. The molecule has 2 unspecified atom stereocenters. The molecule has 1 aliphatic carbocycles. The average Bonchev–Trinajstić information content (AvgIpc) is 3.17. The molecule has 2 atom stereocenters. The first-order valence-electron chi connectivity index (χ1n) is 12.2. The highest BCUT2D eigenvalue weighted by atomic mass is 16.5. The summed E-state index contributed by atoms with van der Waals surface area (Å²) >= 11 is 0. The van der Waals surface area contributed by atoms with Gasteiger partial charge in [0.2, 0.25) is 5.91 Å². The Hall–Kier alpha value is -3.39. The van der Waals surface area contributed by atoms with Crippen molar-refractivity contribution in [3.05, 3.63) is 59.7 Å². The fourth-order valence-corrected chi connectivity index (χ4v) is 4.58. The quantitative estimate of drug-likeness (QED) is 0.428.